The van der Waals surface area contributed by atoms with Crippen molar-refractivity contribution in [2.45, 2.75) is 43.9 Å². The van der Waals surface area contributed by atoms with E-state index < -0.39 is 38.1 Å². The average Bonchev–Trinajstić information content (AvgIpc) is 2.83. The zero-order valence-electron chi connectivity index (χ0n) is 21.7. The molecule has 0 bridgehead atoms. The number of hydrogen-bond acceptors (Lipinski definition) is 9. The van der Waals surface area contributed by atoms with Crippen molar-refractivity contribution in [1.82, 2.24) is 9.62 Å². The number of amides is 1. The summed E-state index contributed by atoms with van der Waals surface area (Å²) < 4.78 is 55.7. The van der Waals surface area contributed by atoms with E-state index in [1.807, 2.05) is 19.9 Å². The number of sulfonamides is 1. The molecule has 0 spiro atoms. The van der Waals surface area contributed by atoms with Crippen LogP contribution in [-0.4, -0.2) is 76.2 Å². The maximum Gasteiger partial charge on any atom is 0.407 e. The highest BCUT2D eigenvalue weighted by Crippen LogP contribution is 2.20. The Kier molecular flexibility index (Phi) is 11.8. The molecule has 0 saturated heterocycles. The minimum Gasteiger partial charge on any atom is -0.448 e. The molecule has 2 N–H and O–H groups in total. The van der Waals surface area contributed by atoms with Crippen LogP contribution in [0.25, 0.3) is 0 Å². The molecule has 1 amide bonds. The first-order chi connectivity index (χ1) is 17.8. The first-order valence-corrected chi connectivity index (χ1v) is 15.5. The molecule has 0 heterocycles. The van der Waals surface area contributed by atoms with Gasteiger partial charge in [-0.25, -0.2) is 21.6 Å². The van der Waals surface area contributed by atoms with E-state index in [-0.39, 0.29) is 49.2 Å². The molecule has 0 aliphatic carbocycles. The molecule has 0 fully saturated rings. The van der Waals surface area contributed by atoms with Crippen LogP contribution in [-0.2, 0) is 37.6 Å². The lowest BCUT2D eigenvalue weighted by molar-refractivity contribution is 0.0908. The zero-order valence-corrected chi connectivity index (χ0v) is 23.3. The molecular weight excluding hydrogens is 534 g/mol. The highest BCUT2D eigenvalue weighted by Gasteiger charge is 2.31. The molecular formula is C25H35N3O8S2. The van der Waals surface area contributed by atoms with E-state index in [2.05, 4.69) is 10.5 Å². The van der Waals surface area contributed by atoms with Crippen molar-refractivity contribution in [2.24, 2.45) is 11.1 Å². The summed E-state index contributed by atoms with van der Waals surface area (Å²) in [6.45, 7) is 3.02. The van der Waals surface area contributed by atoms with Gasteiger partial charge in [-0.15, -0.1) is 0 Å². The second-order valence-corrected chi connectivity index (χ2v) is 13.6. The predicted molar refractivity (Wildman–Crippen MR) is 144 cm³/mol. The molecule has 210 valence electrons. The van der Waals surface area contributed by atoms with E-state index in [0.717, 1.165) is 16.1 Å². The lowest BCUT2D eigenvalue weighted by Gasteiger charge is -2.30. The number of sulfone groups is 1. The third-order valence-corrected chi connectivity index (χ3v) is 8.28. The van der Waals surface area contributed by atoms with Crippen molar-refractivity contribution < 1.29 is 31.5 Å². The van der Waals surface area contributed by atoms with Crippen LogP contribution in [0, 0.1) is 10.8 Å². The van der Waals surface area contributed by atoms with Crippen molar-refractivity contribution in [2.75, 3.05) is 31.7 Å². The van der Waals surface area contributed by atoms with Gasteiger partial charge in [0.15, 0.2) is 9.84 Å². The summed E-state index contributed by atoms with van der Waals surface area (Å²) in [7, 11) is -7.37. The topological polar surface area (TPSA) is 160 Å². The van der Waals surface area contributed by atoms with Gasteiger partial charge >= 0.3 is 6.09 Å². The van der Waals surface area contributed by atoms with E-state index in [0.29, 0.717) is 5.56 Å². The minimum absolute atomic E-state index is 0.00671. The first-order valence-electron chi connectivity index (χ1n) is 12.0. The quantitative estimate of drug-likeness (QED) is 0.309. The smallest absolute Gasteiger partial charge is 0.407 e. The molecule has 2 rings (SSSR count). The van der Waals surface area contributed by atoms with E-state index in [4.69, 9.17) is 4.74 Å². The second-order valence-electron chi connectivity index (χ2n) is 9.42. The second kappa shape index (κ2) is 14.3. The Bertz CT molecular complexity index is 1250. The number of nitrogens with one attached hydrogen (secondary N) is 1. The molecule has 2 atom stereocenters. The van der Waals surface area contributed by atoms with Gasteiger partial charge in [-0.2, -0.15) is 9.21 Å². The van der Waals surface area contributed by atoms with Gasteiger partial charge in [0, 0.05) is 19.3 Å². The summed E-state index contributed by atoms with van der Waals surface area (Å²) >= 11 is 0. The number of carbonyl (C=O) groups is 1. The fraction of sp³-hybridized carbons (Fsp3) is 0.480. The third kappa shape index (κ3) is 10.5. The molecule has 0 aromatic heterocycles. The van der Waals surface area contributed by atoms with Gasteiger partial charge in [-0.1, -0.05) is 61.5 Å². The minimum atomic E-state index is -4.03. The molecule has 11 nitrogen and oxygen atoms in total. The molecule has 13 heteroatoms. The molecule has 38 heavy (non-hydrogen) atoms. The molecule has 0 unspecified atom stereocenters. The summed E-state index contributed by atoms with van der Waals surface area (Å²) in [5.41, 5.74) is 1.35. The largest absolute Gasteiger partial charge is 0.448 e. The van der Waals surface area contributed by atoms with Crippen LogP contribution >= 0.6 is 0 Å². The van der Waals surface area contributed by atoms with Gasteiger partial charge in [0.1, 0.15) is 13.2 Å². The lowest BCUT2D eigenvalue weighted by atomic mass is 10.0. The molecule has 2 aromatic carbocycles. The Labute approximate surface area is 224 Å². The van der Waals surface area contributed by atoms with E-state index in [1.165, 1.54) is 24.3 Å². The fourth-order valence-corrected chi connectivity index (χ4v) is 5.64. The molecule has 2 aromatic rings. The Hall–Kier alpha value is -2.87. The molecule has 0 saturated carbocycles. The maximum atomic E-state index is 13.5. The van der Waals surface area contributed by atoms with Crippen LogP contribution < -0.4 is 5.32 Å². The van der Waals surface area contributed by atoms with Crippen molar-refractivity contribution in [3.05, 3.63) is 70.6 Å². The summed E-state index contributed by atoms with van der Waals surface area (Å²) in [5.74, 6) is -0.425. The van der Waals surface area contributed by atoms with E-state index >= 15 is 0 Å². The van der Waals surface area contributed by atoms with Crippen molar-refractivity contribution in [3.63, 3.8) is 0 Å². The van der Waals surface area contributed by atoms with Crippen molar-refractivity contribution in [3.8, 4) is 0 Å². The van der Waals surface area contributed by atoms with Gasteiger partial charge in [-0.3, -0.25) is 0 Å². The van der Waals surface area contributed by atoms with Crippen molar-refractivity contribution in [1.29, 1.82) is 0 Å². The number of benzene rings is 2. The Balaban J connectivity index is 2.26. The number of hydrogen-bond donors (Lipinski definition) is 2. The Morgan fingerprint density at radius 2 is 1.63 bits per heavy atom. The molecule has 0 aliphatic heterocycles. The zero-order chi connectivity index (χ0) is 28.3. The van der Waals surface area contributed by atoms with Crippen LogP contribution in [0.3, 0.4) is 0 Å². The number of aliphatic hydroxyl groups excluding tert-OH is 1. The maximum absolute atomic E-state index is 13.5. The Morgan fingerprint density at radius 3 is 2.18 bits per heavy atom. The van der Waals surface area contributed by atoms with E-state index in [1.54, 1.807) is 24.3 Å². The SMILES string of the molecule is CC(C)CN(C[C@@H](O)[C@H](Cc1ccccc1)NC(=O)OCCS(C)(=O)=O)S(=O)(=O)c1ccc(CN=O)cc1. The summed E-state index contributed by atoms with van der Waals surface area (Å²) in [6.07, 6.45) is -1.06. The summed E-state index contributed by atoms with van der Waals surface area (Å²) in [5, 5.41) is 16.5. The number of rotatable bonds is 15. The summed E-state index contributed by atoms with van der Waals surface area (Å²) in [4.78, 5) is 22.9. The number of nitrogens with zero attached hydrogens (tertiary/aromatic N) is 2. The standard InChI is InChI=1S/C25H35N3O8S2/c1-19(2)17-28(38(34,35)22-11-9-21(10-12-22)16-26-31)18-24(29)23(15-20-7-5-4-6-8-20)27-25(30)36-13-14-37(3,32)33/h4-12,19,23-24,29H,13-18H2,1-3H3,(H,27,30)/t23-,24+/m0/s1. The van der Waals surface area contributed by atoms with Gasteiger partial charge < -0.3 is 15.2 Å². The van der Waals surface area contributed by atoms with Crippen LogP contribution in [0.2, 0.25) is 0 Å². The Morgan fingerprint density at radius 1 is 1.00 bits per heavy atom. The lowest BCUT2D eigenvalue weighted by Crippen LogP contribution is -2.51. The third-order valence-electron chi connectivity index (χ3n) is 5.52. The van der Waals surface area contributed by atoms with Crippen LogP contribution in [0.5, 0.6) is 0 Å². The van der Waals surface area contributed by atoms with Gasteiger partial charge in [0.25, 0.3) is 0 Å². The van der Waals surface area contributed by atoms with Crippen LogP contribution in [0.15, 0.2) is 64.7 Å². The monoisotopic (exact) mass is 569 g/mol. The van der Waals surface area contributed by atoms with E-state index in [9.17, 15) is 31.6 Å². The molecule has 0 aliphatic rings. The summed E-state index contributed by atoms with van der Waals surface area (Å²) in [6, 6.07) is 13.8. The van der Waals surface area contributed by atoms with Crippen molar-refractivity contribution >= 4 is 26.0 Å². The number of carbonyl (C=O) groups excluding carboxylic acids is 1. The normalized spacial score (nSPS) is 13.7. The van der Waals surface area contributed by atoms with Gasteiger partial charge in [0.05, 0.1) is 22.8 Å². The highest BCUT2D eigenvalue weighted by molar-refractivity contribution is 7.90. The molecule has 0 radical (unpaired) electrons. The number of alkyl carbamates (subject to hydrolysis) is 1. The number of ether oxygens (including phenoxy) is 1. The first kappa shape index (κ1) is 31.3. The highest BCUT2D eigenvalue weighted by atomic mass is 32.2. The van der Waals surface area contributed by atoms with Gasteiger partial charge in [-0.05, 0) is 35.6 Å². The van der Waals surface area contributed by atoms with Crippen LogP contribution in [0.4, 0.5) is 4.79 Å². The van der Waals surface area contributed by atoms with Gasteiger partial charge in [0.2, 0.25) is 10.0 Å². The number of aliphatic hydroxyl groups is 1. The number of nitroso groups, excluding NO2 is 1. The fourth-order valence-electron chi connectivity index (χ4n) is 3.63. The predicted octanol–water partition coefficient (Wildman–Crippen LogP) is 2.34. The average molecular weight is 570 g/mol. The van der Waals surface area contributed by atoms with Crippen LogP contribution in [0.1, 0.15) is 25.0 Å².